The molecule has 0 N–H and O–H groups in total. The smallest absolute Gasteiger partial charge is 0.0462 e. The van der Waals surface area contributed by atoms with Crippen molar-refractivity contribution in [2.45, 2.75) is 40.5 Å². The van der Waals surface area contributed by atoms with E-state index in [0.29, 0.717) is 16.7 Å². The predicted molar refractivity (Wildman–Crippen MR) is 161 cm³/mol. The maximum atomic E-state index is 3.80. The Morgan fingerprint density at radius 3 is 1.78 bits per heavy atom. The van der Waals surface area contributed by atoms with Crippen LogP contribution in [0.25, 0.3) is 17.2 Å². The van der Waals surface area contributed by atoms with Crippen molar-refractivity contribution in [3.63, 3.8) is 0 Å². The summed E-state index contributed by atoms with van der Waals surface area (Å²) in [6, 6.07) is 35.4. The Labute approximate surface area is 222 Å². The summed E-state index contributed by atoms with van der Waals surface area (Å²) >= 11 is 0. The van der Waals surface area contributed by atoms with Crippen molar-refractivity contribution in [2.24, 2.45) is 10.8 Å². The molecule has 0 atom stereocenters. The molecule has 1 aliphatic carbocycles. The van der Waals surface area contributed by atoms with Crippen molar-refractivity contribution in [1.82, 2.24) is 0 Å². The minimum atomic E-state index is 0.334. The Morgan fingerprint density at radius 1 is 0.676 bits per heavy atom. The van der Waals surface area contributed by atoms with Crippen molar-refractivity contribution in [1.29, 1.82) is 0 Å². The number of hydrogen-bond donors (Lipinski definition) is 0. The van der Waals surface area contributed by atoms with E-state index in [1.165, 1.54) is 33.5 Å². The van der Waals surface area contributed by atoms with E-state index in [1.54, 1.807) is 0 Å². The van der Waals surface area contributed by atoms with E-state index in [9.17, 15) is 0 Å². The highest BCUT2D eigenvalue weighted by atomic mass is 15.1. The fourth-order valence-electron chi connectivity index (χ4n) is 5.84. The van der Waals surface area contributed by atoms with Gasteiger partial charge < -0.3 is 4.90 Å². The maximum Gasteiger partial charge on any atom is 0.0462 e. The molecule has 0 heterocycles. The summed E-state index contributed by atoms with van der Waals surface area (Å²) in [5.41, 5.74) is 10.5. The second-order valence-electron chi connectivity index (χ2n) is 11.4. The molecule has 37 heavy (non-hydrogen) atoms. The second-order valence-corrected chi connectivity index (χ2v) is 11.4. The average Bonchev–Trinajstić information content (AvgIpc) is 3.32. The molecular formula is C36H37N. The average molecular weight is 484 g/mol. The third-order valence-corrected chi connectivity index (χ3v) is 8.67. The van der Waals surface area contributed by atoms with Gasteiger partial charge in [0.05, 0.1) is 0 Å². The molecular weight excluding hydrogens is 446 g/mol. The van der Waals surface area contributed by atoms with Gasteiger partial charge in [0.15, 0.2) is 0 Å². The van der Waals surface area contributed by atoms with E-state index < -0.39 is 0 Å². The van der Waals surface area contributed by atoms with E-state index in [-0.39, 0.29) is 0 Å². The predicted octanol–water partition coefficient (Wildman–Crippen LogP) is 10.5. The minimum absolute atomic E-state index is 0.334. The van der Waals surface area contributed by atoms with Gasteiger partial charge in [-0.15, -0.1) is 0 Å². The first-order valence-electron chi connectivity index (χ1n) is 13.2. The lowest BCUT2D eigenvalue weighted by Crippen LogP contribution is -2.09. The first kappa shape index (κ1) is 24.8. The summed E-state index contributed by atoms with van der Waals surface area (Å²) in [6.45, 7) is 15.5. The van der Waals surface area contributed by atoms with Gasteiger partial charge in [0.1, 0.15) is 0 Å². The van der Waals surface area contributed by atoms with E-state index in [4.69, 9.17) is 0 Å². The molecule has 0 radical (unpaired) electrons. The van der Waals surface area contributed by atoms with Gasteiger partial charge in [-0.05, 0) is 94.0 Å². The van der Waals surface area contributed by atoms with Crippen LogP contribution in [0.15, 0.2) is 116 Å². The monoisotopic (exact) mass is 483 g/mol. The van der Waals surface area contributed by atoms with Gasteiger partial charge in [-0.2, -0.15) is 0 Å². The standard InChI is InChI=1S/C36H37N/c1-7-8-12-29-25-30(16-15-26(29)2)27-17-21-32(22-18-27)37(31-13-10-9-11-14-31)33-23-19-28(20-24-33)34-35(3,4)36(34,5)6/h7-25,34H,1H2,2-6H3/b12-8-. The normalized spacial score (nSPS) is 16.0. The van der Waals surface area contributed by atoms with Crippen molar-refractivity contribution < 1.29 is 0 Å². The maximum absolute atomic E-state index is 3.80. The fraction of sp³-hybridized carbons (Fsp3) is 0.222. The molecule has 0 aromatic heterocycles. The second kappa shape index (κ2) is 9.56. The van der Waals surface area contributed by atoms with E-state index in [2.05, 4.69) is 149 Å². The summed E-state index contributed by atoms with van der Waals surface area (Å²) in [5, 5.41) is 0. The Morgan fingerprint density at radius 2 is 1.22 bits per heavy atom. The molecule has 1 aliphatic rings. The molecule has 4 aromatic carbocycles. The SMILES string of the molecule is C=C/C=C\c1cc(-c2ccc(N(c3ccccc3)c3ccc(C4C(C)(C)C4(C)C)cc3)cc2)ccc1C. The zero-order valence-corrected chi connectivity index (χ0v) is 22.7. The topological polar surface area (TPSA) is 3.24 Å². The van der Waals surface area contributed by atoms with Crippen molar-refractivity contribution in [3.05, 3.63) is 132 Å². The van der Waals surface area contributed by atoms with E-state index in [1.807, 2.05) is 12.2 Å². The Hall–Kier alpha value is -3.84. The van der Waals surface area contributed by atoms with Gasteiger partial charge >= 0.3 is 0 Å². The molecule has 4 aromatic rings. The van der Waals surface area contributed by atoms with Crippen LogP contribution in [0.3, 0.4) is 0 Å². The molecule has 1 heteroatoms. The number of nitrogens with zero attached hydrogens (tertiary/aromatic N) is 1. The molecule has 186 valence electrons. The number of benzene rings is 4. The van der Waals surface area contributed by atoms with Gasteiger partial charge in [-0.25, -0.2) is 0 Å². The van der Waals surface area contributed by atoms with Crippen LogP contribution in [0, 0.1) is 17.8 Å². The number of anilines is 3. The number of allylic oxidation sites excluding steroid dienone is 2. The number of para-hydroxylation sites is 1. The zero-order valence-electron chi connectivity index (χ0n) is 22.7. The fourth-order valence-corrected chi connectivity index (χ4v) is 5.84. The summed E-state index contributed by atoms with van der Waals surface area (Å²) < 4.78 is 0. The van der Waals surface area contributed by atoms with Gasteiger partial charge in [-0.3, -0.25) is 0 Å². The van der Waals surface area contributed by atoms with Crippen LogP contribution in [-0.4, -0.2) is 0 Å². The van der Waals surface area contributed by atoms with Crippen molar-refractivity contribution >= 4 is 23.1 Å². The third kappa shape index (κ3) is 4.55. The van der Waals surface area contributed by atoms with Crippen LogP contribution in [0.4, 0.5) is 17.1 Å². The molecule has 1 saturated carbocycles. The van der Waals surface area contributed by atoms with Crippen LogP contribution in [0.2, 0.25) is 0 Å². The van der Waals surface area contributed by atoms with Crippen molar-refractivity contribution in [3.8, 4) is 11.1 Å². The summed E-state index contributed by atoms with van der Waals surface area (Å²) in [7, 11) is 0. The summed E-state index contributed by atoms with van der Waals surface area (Å²) in [4.78, 5) is 2.34. The van der Waals surface area contributed by atoms with Crippen LogP contribution >= 0.6 is 0 Å². The first-order valence-corrected chi connectivity index (χ1v) is 13.2. The molecule has 0 saturated heterocycles. The number of hydrogen-bond acceptors (Lipinski definition) is 1. The number of aryl methyl sites for hydroxylation is 1. The van der Waals surface area contributed by atoms with Crippen LogP contribution in [0.5, 0.6) is 0 Å². The molecule has 1 fully saturated rings. The highest BCUT2D eigenvalue weighted by Gasteiger charge is 2.64. The van der Waals surface area contributed by atoms with Gasteiger partial charge in [0, 0.05) is 17.1 Å². The van der Waals surface area contributed by atoms with E-state index in [0.717, 1.165) is 11.4 Å². The largest absolute Gasteiger partial charge is 0.311 e. The van der Waals surface area contributed by atoms with Crippen LogP contribution in [0.1, 0.15) is 50.3 Å². The Kier molecular flexibility index (Phi) is 6.42. The summed E-state index contributed by atoms with van der Waals surface area (Å²) in [6.07, 6.45) is 5.92. The Bertz CT molecular complexity index is 1410. The van der Waals surface area contributed by atoms with Gasteiger partial charge in [0.2, 0.25) is 0 Å². The molecule has 0 amide bonds. The van der Waals surface area contributed by atoms with Crippen molar-refractivity contribution in [2.75, 3.05) is 4.90 Å². The van der Waals surface area contributed by atoms with E-state index >= 15 is 0 Å². The minimum Gasteiger partial charge on any atom is -0.311 e. The zero-order chi connectivity index (χ0) is 26.2. The Balaban J connectivity index is 1.48. The lowest BCUT2D eigenvalue weighted by atomic mass is 9.99. The molecule has 0 bridgehead atoms. The lowest BCUT2D eigenvalue weighted by Gasteiger charge is -2.26. The first-order chi connectivity index (χ1) is 17.7. The lowest BCUT2D eigenvalue weighted by molar-refractivity contribution is 0.457. The number of rotatable bonds is 7. The summed E-state index contributed by atoms with van der Waals surface area (Å²) in [5.74, 6) is 0.597. The molecule has 0 unspecified atom stereocenters. The van der Waals surface area contributed by atoms with Crippen LogP contribution in [-0.2, 0) is 0 Å². The molecule has 0 spiro atoms. The quantitative estimate of drug-likeness (QED) is 0.236. The third-order valence-electron chi connectivity index (χ3n) is 8.67. The molecule has 1 nitrogen and oxygen atoms in total. The van der Waals surface area contributed by atoms with Crippen LogP contribution < -0.4 is 4.90 Å². The molecule has 0 aliphatic heterocycles. The van der Waals surface area contributed by atoms with Gasteiger partial charge in [0.25, 0.3) is 0 Å². The van der Waals surface area contributed by atoms with Gasteiger partial charge in [-0.1, -0.05) is 107 Å². The highest BCUT2D eigenvalue weighted by Crippen LogP contribution is 2.73. The highest BCUT2D eigenvalue weighted by molar-refractivity contribution is 5.79. The molecule has 5 rings (SSSR count).